The number of nitrogens with one attached hydrogen (secondary N) is 1. The average molecular weight is 241 g/mol. The molecule has 1 rings (SSSR count). The van der Waals surface area contributed by atoms with Crippen molar-refractivity contribution in [3.63, 3.8) is 0 Å². The molecule has 0 aromatic heterocycles. The molecule has 4 heteroatoms. The molecule has 0 saturated heterocycles. The summed E-state index contributed by atoms with van der Waals surface area (Å²) < 4.78 is 0.876. The fraction of sp³-hybridized carbons (Fsp3) is 0.111. The predicted octanol–water partition coefficient (Wildman–Crippen LogP) is 2.18. The number of rotatable bonds is 2. The summed E-state index contributed by atoms with van der Waals surface area (Å²) in [4.78, 5) is 11.3. The van der Waals surface area contributed by atoms with Gasteiger partial charge in [-0.1, -0.05) is 22.0 Å². The van der Waals surface area contributed by atoms with E-state index in [1.54, 1.807) is 25.1 Å². The van der Waals surface area contributed by atoms with Gasteiger partial charge in [0.25, 0.3) is 5.91 Å². The molecule has 0 atom stereocenters. The minimum absolute atomic E-state index is 0.209. The number of amides is 1. The largest absolute Gasteiger partial charge is 0.271 e. The van der Waals surface area contributed by atoms with Crippen LogP contribution in [0.15, 0.2) is 33.8 Å². The van der Waals surface area contributed by atoms with Gasteiger partial charge in [-0.2, -0.15) is 5.10 Å². The van der Waals surface area contributed by atoms with Crippen LogP contribution in [0.3, 0.4) is 0 Å². The van der Waals surface area contributed by atoms with E-state index in [0.717, 1.165) is 4.47 Å². The van der Waals surface area contributed by atoms with Crippen LogP contribution < -0.4 is 5.43 Å². The first-order valence-corrected chi connectivity index (χ1v) is 4.57. The second-order valence-electron chi connectivity index (χ2n) is 2.34. The first-order chi connectivity index (χ1) is 6.24. The SMILES string of the molecule is CC=NNC(=O)c1cccc(Br)c1. The number of halogens is 1. The molecule has 0 aliphatic rings. The summed E-state index contributed by atoms with van der Waals surface area (Å²) in [6.07, 6.45) is 1.52. The van der Waals surface area contributed by atoms with Crippen LogP contribution in [0.1, 0.15) is 17.3 Å². The maximum atomic E-state index is 11.3. The molecule has 1 aromatic rings. The summed E-state index contributed by atoms with van der Waals surface area (Å²) in [6, 6.07) is 7.13. The Kier molecular flexibility index (Phi) is 3.64. The van der Waals surface area contributed by atoms with Crippen LogP contribution in [-0.4, -0.2) is 12.1 Å². The first kappa shape index (κ1) is 9.92. The highest BCUT2D eigenvalue weighted by Gasteiger charge is 2.02. The van der Waals surface area contributed by atoms with Crippen molar-refractivity contribution < 1.29 is 4.79 Å². The molecule has 13 heavy (non-hydrogen) atoms. The average Bonchev–Trinajstić information content (AvgIpc) is 2.14. The second-order valence-corrected chi connectivity index (χ2v) is 3.25. The fourth-order valence-corrected chi connectivity index (χ4v) is 1.22. The normalized spacial score (nSPS) is 10.3. The van der Waals surface area contributed by atoms with Crippen LogP contribution in [0.4, 0.5) is 0 Å². The van der Waals surface area contributed by atoms with Crippen molar-refractivity contribution in [2.24, 2.45) is 5.10 Å². The van der Waals surface area contributed by atoms with E-state index in [9.17, 15) is 4.79 Å². The summed E-state index contributed by atoms with van der Waals surface area (Å²) in [5, 5.41) is 3.64. The number of hydrogen-bond acceptors (Lipinski definition) is 2. The van der Waals surface area contributed by atoms with Crippen LogP contribution in [0, 0.1) is 0 Å². The molecule has 0 fully saturated rings. The zero-order chi connectivity index (χ0) is 9.68. The summed E-state index contributed by atoms with van der Waals surface area (Å²) in [5.74, 6) is -0.209. The number of carbonyl (C=O) groups is 1. The molecule has 1 aromatic carbocycles. The van der Waals surface area contributed by atoms with Gasteiger partial charge < -0.3 is 0 Å². The molecule has 0 radical (unpaired) electrons. The van der Waals surface area contributed by atoms with E-state index in [4.69, 9.17) is 0 Å². The zero-order valence-electron chi connectivity index (χ0n) is 7.12. The minimum atomic E-state index is -0.209. The monoisotopic (exact) mass is 240 g/mol. The number of hydrogen-bond donors (Lipinski definition) is 1. The Morgan fingerprint density at radius 3 is 3.00 bits per heavy atom. The third-order valence-electron chi connectivity index (χ3n) is 1.38. The van der Waals surface area contributed by atoms with Crippen LogP contribution in [0.5, 0.6) is 0 Å². The molecule has 3 nitrogen and oxygen atoms in total. The Hall–Kier alpha value is -1.16. The van der Waals surface area contributed by atoms with Gasteiger partial charge in [-0.3, -0.25) is 4.79 Å². The third kappa shape index (κ3) is 2.99. The van der Waals surface area contributed by atoms with Crippen molar-refractivity contribution >= 4 is 28.1 Å². The summed E-state index contributed by atoms with van der Waals surface area (Å²) in [6.45, 7) is 1.74. The van der Waals surface area contributed by atoms with Crippen molar-refractivity contribution in [2.45, 2.75) is 6.92 Å². The highest BCUT2D eigenvalue weighted by atomic mass is 79.9. The second kappa shape index (κ2) is 4.77. The molecule has 1 N–H and O–H groups in total. The maximum absolute atomic E-state index is 11.3. The lowest BCUT2D eigenvalue weighted by molar-refractivity contribution is 0.0955. The molecule has 0 heterocycles. The van der Waals surface area contributed by atoms with Gasteiger partial charge in [-0.15, -0.1) is 0 Å². The van der Waals surface area contributed by atoms with Gasteiger partial charge >= 0.3 is 0 Å². The number of benzene rings is 1. The van der Waals surface area contributed by atoms with Gasteiger partial charge in [0.15, 0.2) is 0 Å². The molecule has 0 aliphatic carbocycles. The fourth-order valence-electron chi connectivity index (χ4n) is 0.817. The van der Waals surface area contributed by atoms with Crippen LogP contribution >= 0.6 is 15.9 Å². The molecule has 0 spiro atoms. The summed E-state index contributed by atoms with van der Waals surface area (Å²) >= 11 is 3.28. The standard InChI is InChI=1S/C9H9BrN2O/c1-2-11-12-9(13)7-4-3-5-8(10)6-7/h2-6H,1H3,(H,12,13). The van der Waals surface area contributed by atoms with Gasteiger partial charge in [0.05, 0.1) is 0 Å². The minimum Gasteiger partial charge on any atom is -0.267 e. The summed E-state index contributed by atoms with van der Waals surface area (Å²) in [7, 11) is 0. The lowest BCUT2D eigenvalue weighted by Crippen LogP contribution is -2.16. The molecule has 1 amide bonds. The number of hydrazone groups is 1. The van der Waals surface area contributed by atoms with Crippen molar-refractivity contribution in [1.82, 2.24) is 5.43 Å². The van der Waals surface area contributed by atoms with Gasteiger partial charge in [0.1, 0.15) is 0 Å². The highest BCUT2D eigenvalue weighted by Crippen LogP contribution is 2.11. The maximum Gasteiger partial charge on any atom is 0.271 e. The Labute approximate surface area is 85.0 Å². The quantitative estimate of drug-likeness (QED) is 0.625. The molecular formula is C9H9BrN2O. The lowest BCUT2D eigenvalue weighted by Gasteiger charge is -1.99. The van der Waals surface area contributed by atoms with Crippen LogP contribution in [0.2, 0.25) is 0 Å². The van der Waals surface area contributed by atoms with E-state index < -0.39 is 0 Å². The van der Waals surface area contributed by atoms with Gasteiger partial charge in [0.2, 0.25) is 0 Å². The van der Waals surface area contributed by atoms with Crippen molar-refractivity contribution in [3.8, 4) is 0 Å². The van der Waals surface area contributed by atoms with E-state index in [1.807, 2.05) is 6.07 Å². The Bertz CT molecular complexity index is 336. The van der Waals surface area contributed by atoms with Crippen molar-refractivity contribution in [1.29, 1.82) is 0 Å². The van der Waals surface area contributed by atoms with Gasteiger partial charge in [-0.25, -0.2) is 5.43 Å². The Balaban J connectivity index is 2.77. The number of nitrogens with zero attached hydrogens (tertiary/aromatic N) is 1. The van der Waals surface area contributed by atoms with Crippen LogP contribution in [0.25, 0.3) is 0 Å². The molecular weight excluding hydrogens is 232 g/mol. The predicted molar refractivity (Wildman–Crippen MR) is 55.8 cm³/mol. The van der Waals surface area contributed by atoms with E-state index in [-0.39, 0.29) is 5.91 Å². The first-order valence-electron chi connectivity index (χ1n) is 3.77. The van der Waals surface area contributed by atoms with Crippen molar-refractivity contribution in [3.05, 3.63) is 34.3 Å². The molecule has 0 aliphatic heterocycles. The van der Waals surface area contributed by atoms with E-state index in [1.165, 1.54) is 6.21 Å². The summed E-state index contributed by atoms with van der Waals surface area (Å²) in [5.41, 5.74) is 2.97. The van der Waals surface area contributed by atoms with E-state index in [2.05, 4.69) is 26.5 Å². The Morgan fingerprint density at radius 2 is 2.38 bits per heavy atom. The van der Waals surface area contributed by atoms with E-state index in [0.29, 0.717) is 5.56 Å². The van der Waals surface area contributed by atoms with Gasteiger partial charge in [-0.05, 0) is 25.1 Å². The van der Waals surface area contributed by atoms with Crippen molar-refractivity contribution in [2.75, 3.05) is 0 Å². The topological polar surface area (TPSA) is 41.5 Å². The lowest BCUT2D eigenvalue weighted by atomic mass is 10.2. The third-order valence-corrected chi connectivity index (χ3v) is 1.88. The molecule has 0 saturated carbocycles. The molecule has 0 unspecified atom stereocenters. The highest BCUT2D eigenvalue weighted by molar-refractivity contribution is 9.10. The van der Waals surface area contributed by atoms with Crippen LogP contribution in [-0.2, 0) is 0 Å². The molecule has 68 valence electrons. The Morgan fingerprint density at radius 1 is 1.62 bits per heavy atom. The van der Waals surface area contributed by atoms with E-state index >= 15 is 0 Å². The molecule has 0 bridgehead atoms. The zero-order valence-corrected chi connectivity index (χ0v) is 8.71. The smallest absolute Gasteiger partial charge is 0.267 e. The van der Waals surface area contributed by atoms with Gasteiger partial charge in [0, 0.05) is 16.3 Å². The number of carbonyl (C=O) groups excluding carboxylic acids is 1.